The summed E-state index contributed by atoms with van der Waals surface area (Å²) < 4.78 is 22.0. The second kappa shape index (κ2) is 11.7. The van der Waals surface area contributed by atoms with Crippen molar-refractivity contribution in [1.29, 1.82) is 0 Å². The Labute approximate surface area is 222 Å². The molecule has 202 valence electrons. The molecule has 8 heteroatoms. The average Bonchev–Trinajstić information content (AvgIpc) is 2.92. The normalized spacial score (nSPS) is 14.2. The number of fused-ring (bicyclic) bond motifs is 1. The topological polar surface area (TPSA) is 98.4 Å². The van der Waals surface area contributed by atoms with Gasteiger partial charge in [0.25, 0.3) is 0 Å². The molecule has 0 fully saturated rings. The van der Waals surface area contributed by atoms with Crippen LogP contribution < -0.4 is 14.9 Å². The second-order valence-electron chi connectivity index (χ2n) is 9.88. The van der Waals surface area contributed by atoms with Gasteiger partial charge in [0, 0.05) is 19.2 Å². The van der Waals surface area contributed by atoms with E-state index in [-0.39, 0.29) is 12.2 Å². The number of aromatic hydroxyl groups is 1. The highest BCUT2D eigenvalue weighted by molar-refractivity contribution is 5.71. The largest absolute Gasteiger partial charge is 0.502 e. The summed E-state index contributed by atoms with van der Waals surface area (Å²) in [6.07, 6.45) is 0.730. The Morgan fingerprint density at radius 1 is 1.00 bits per heavy atom. The van der Waals surface area contributed by atoms with Crippen molar-refractivity contribution in [2.45, 2.75) is 51.6 Å². The zero-order valence-corrected chi connectivity index (χ0v) is 22.6. The first-order valence-electron chi connectivity index (χ1n) is 12.7. The highest BCUT2D eigenvalue weighted by Crippen LogP contribution is 2.36. The molecular weight excluding hydrogens is 486 g/mol. The fourth-order valence-corrected chi connectivity index (χ4v) is 4.89. The second-order valence-corrected chi connectivity index (χ2v) is 9.88. The number of carbonyl (C=O) groups excluding carboxylic acids is 1. The highest BCUT2D eigenvalue weighted by Gasteiger charge is 2.28. The van der Waals surface area contributed by atoms with Gasteiger partial charge < -0.3 is 23.7 Å². The van der Waals surface area contributed by atoms with Gasteiger partial charge in [-0.2, -0.15) is 0 Å². The maximum atomic E-state index is 12.8. The monoisotopic (exact) mass is 521 g/mol. The third-order valence-electron chi connectivity index (χ3n) is 7.10. The van der Waals surface area contributed by atoms with Crippen LogP contribution in [0.5, 0.6) is 17.2 Å². The van der Waals surface area contributed by atoms with Crippen LogP contribution in [0.2, 0.25) is 0 Å². The number of carbonyl (C=O) groups is 1. The summed E-state index contributed by atoms with van der Waals surface area (Å²) in [7, 11) is 4.54. The molecule has 0 amide bonds. The molecule has 4 rings (SSSR count). The van der Waals surface area contributed by atoms with Gasteiger partial charge in [0.15, 0.2) is 17.3 Å². The van der Waals surface area contributed by atoms with E-state index in [1.54, 1.807) is 14.2 Å². The quantitative estimate of drug-likeness (QED) is 0.403. The van der Waals surface area contributed by atoms with Gasteiger partial charge in [-0.1, -0.05) is 38.1 Å². The summed E-state index contributed by atoms with van der Waals surface area (Å²) in [5, 5.41) is 10.7. The third-order valence-corrected chi connectivity index (χ3v) is 7.10. The van der Waals surface area contributed by atoms with Gasteiger partial charge in [-0.05, 0) is 46.7 Å². The molecule has 1 atom stereocenters. The number of hydrogen-bond donors (Lipinski definition) is 1. The Bertz CT molecular complexity index is 1340. The molecule has 0 radical (unpaired) electrons. The van der Waals surface area contributed by atoms with Crippen LogP contribution in [0.15, 0.2) is 51.7 Å². The highest BCUT2D eigenvalue weighted by atomic mass is 16.5. The molecule has 0 aliphatic carbocycles. The molecule has 1 aliphatic rings. The molecule has 2 heterocycles. The van der Waals surface area contributed by atoms with E-state index in [0.717, 1.165) is 29.7 Å². The number of esters is 1. The van der Waals surface area contributed by atoms with Crippen molar-refractivity contribution in [3.05, 3.63) is 86.5 Å². The summed E-state index contributed by atoms with van der Waals surface area (Å²) in [5.41, 5.74) is 3.66. The Morgan fingerprint density at radius 3 is 2.24 bits per heavy atom. The van der Waals surface area contributed by atoms with Crippen LogP contribution in [-0.2, 0) is 29.0 Å². The molecule has 0 unspecified atom stereocenters. The number of methoxy groups -OCH3 is 3. The van der Waals surface area contributed by atoms with Gasteiger partial charge in [0.1, 0.15) is 5.76 Å². The van der Waals surface area contributed by atoms with Crippen molar-refractivity contribution >= 4 is 5.97 Å². The van der Waals surface area contributed by atoms with Crippen LogP contribution >= 0.6 is 0 Å². The number of ether oxygens (including phenoxy) is 3. The van der Waals surface area contributed by atoms with E-state index in [4.69, 9.17) is 18.6 Å². The lowest BCUT2D eigenvalue weighted by atomic mass is 9.90. The Morgan fingerprint density at radius 2 is 1.63 bits per heavy atom. The summed E-state index contributed by atoms with van der Waals surface area (Å²) in [5.74, 6) is 0.569. The molecule has 2 aromatic carbocycles. The number of hydrogen-bond acceptors (Lipinski definition) is 8. The molecular formula is C30H35NO7. The van der Waals surface area contributed by atoms with Gasteiger partial charge in [0.05, 0.1) is 40.2 Å². The van der Waals surface area contributed by atoms with Crippen molar-refractivity contribution in [3.63, 3.8) is 0 Å². The maximum Gasteiger partial charge on any atom is 0.306 e. The minimum Gasteiger partial charge on any atom is -0.502 e. The van der Waals surface area contributed by atoms with E-state index in [2.05, 4.69) is 18.7 Å². The van der Waals surface area contributed by atoms with Crippen LogP contribution in [0.25, 0.3) is 0 Å². The molecule has 38 heavy (non-hydrogen) atoms. The van der Waals surface area contributed by atoms with Gasteiger partial charge >= 0.3 is 5.97 Å². The molecule has 1 aliphatic heterocycles. The maximum absolute atomic E-state index is 12.8. The first-order valence-corrected chi connectivity index (χ1v) is 12.7. The van der Waals surface area contributed by atoms with E-state index in [1.165, 1.54) is 18.7 Å². The number of nitrogens with zero attached hydrogens (tertiary/aromatic N) is 1. The van der Waals surface area contributed by atoms with E-state index >= 15 is 0 Å². The fraction of sp³-hybridized carbons (Fsp3) is 0.400. The lowest BCUT2D eigenvalue weighted by Gasteiger charge is -2.29. The van der Waals surface area contributed by atoms with Crippen LogP contribution in [0, 0.1) is 0 Å². The Balaban J connectivity index is 1.64. The van der Waals surface area contributed by atoms with Gasteiger partial charge in [-0.15, -0.1) is 0 Å². The third kappa shape index (κ3) is 5.86. The van der Waals surface area contributed by atoms with E-state index in [0.29, 0.717) is 36.3 Å². The van der Waals surface area contributed by atoms with Crippen LogP contribution in [-0.4, -0.2) is 43.8 Å². The van der Waals surface area contributed by atoms with Crippen molar-refractivity contribution in [2.75, 3.05) is 27.9 Å². The molecule has 1 N–H and O–H groups in total. The molecule has 0 spiro atoms. The van der Waals surface area contributed by atoms with E-state index in [9.17, 15) is 14.7 Å². The SMILES string of the molecule is COC(=O)C[C@@H](c1ccc(C(C)C)cc1)c1oc(CN2CCc3cc(OC)c(OC)cc3C2)cc(=O)c1O. The molecule has 0 saturated carbocycles. The van der Waals surface area contributed by atoms with Crippen LogP contribution in [0.1, 0.15) is 65.9 Å². The number of rotatable bonds is 9. The Hall–Kier alpha value is -3.78. The van der Waals surface area contributed by atoms with Gasteiger partial charge in [0.2, 0.25) is 11.2 Å². The van der Waals surface area contributed by atoms with Crippen molar-refractivity contribution in [3.8, 4) is 17.2 Å². The summed E-state index contributed by atoms with van der Waals surface area (Å²) >= 11 is 0. The predicted octanol–water partition coefficient (Wildman–Crippen LogP) is 4.74. The van der Waals surface area contributed by atoms with Crippen molar-refractivity contribution < 1.29 is 28.5 Å². The van der Waals surface area contributed by atoms with Crippen molar-refractivity contribution in [2.24, 2.45) is 0 Å². The van der Waals surface area contributed by atoms with E-state index in [1.807, 2.05) is 36.4 Å². The lowest BCUT2D eigenvalue weighted by Crippen LogP contribution is -2.30. The minimum atomic E-state index is -0.671. The van der Waals surface area contributed by atoms with Crippen LogP contribution in [0.3, 0.4) is 0 Å². The predicted molar refractivity (Wildman–Crippen MR) is 143 cm³/mol. The van der Waals surface area contributed by atoms with E-state index < -0.39 is 23.1 Å². The molecule has 8 nitrogen and oxygen atoms in total. The Kier molecular flexibility index (Phi) is 8.42. The molecule has 1 aromatic heterocycles. The fourth-order valence-electron chi connectivity index (χ4n) is 4.89. The van der Waals surface area contributed by atoms with Gasteiger partial charge in [-0.25, -0.2) is 0 Å². The van der Waals surface area contributed by atoms with Gasteiger partial charge in [-0.3, -0.25) is 14.5 Å². The standard InChI is InChI=1S/C30H35NO7/c1-18(2)19-6-8-20(9-7-19)24(15-28(33)37-5)30-29(34)25(32)14-23(38-30)17-31-11-10-21-12-26(35-3)27(36-4)13-22(21)16-31/h6-9,12-14,18,24,34H,10-11,15-17H2,1-5H3/t24-/m0/s1. The first-order chi connectivity index (χ1) is 18.2. The zero-order valence-electron chi connectivity index (χ0n) is 22.6. The first kappa shape index (κ1) is 27.3. The minimum absolute atomic E-state index is 0.0685. The molecule has 3 aromatic rings. The average molecular weight is 522 g/mol. The summed E-state index contributed by atoms with van der Waals surface area (Å²) in [4.78, 5) is 27.3. The smallest absolute Gasteiger partial charge is 0.306 e. The summed E-state index contributed by atoms with van der Waals surface area (Å²) in [6.45, 7) is 5.96. The lowest BCUT2D eigenvalue weighted by molar-refractivity contribution is -0.140. The number of benzene rings is 2. The van der Waals surface area contributed by atoms with Crippen LogP contribution in [0.4, 0.5) is 0 Å². The molecule has 0 saturated heterocycles. The molecule has 0 bridgehead atoms. The summed E-state index contributed by atoms with van der Waals surface area (Å²) in [6, 6.07) is 13.1. The van der Waals surface area contributed by atoms with Crippen molar-refractivity contribution in [1.82, 2.24) is 4.90 Å². The zero-order chi connectivity index (χ0) is 27.4.